The van der Waals surface area contributed by atoms with Crippen LogP contribution >= 0.6 is 23.2 Å². The van der Waals surface area contributed by atoms with Crippen molar-refractivity contribution in [2.24, 2.45) is 0 Å². The fourth-order valence-corrected chi connectivity index (χ4v) is 3.08. The first-order valence-corrected chi connectivity index (χ1v) is 8.92. The topological polar surface area (TPSA) is 59.9 Å². The summed E-state index contributed by atoms with van der Waals surface area (Å²) in [5.41, 5.74) is 1.36. The molecule has 1 aromatic heterocycles. The molecule has 4 nitrogen and oxygen atoms in total. The van der Waals surface area contributed by atoms with Gasteiger partial charge in [0.15, 0.2) is 15.7 Å². The van der Waals surface area contributed by atoms with Crippen molar-refractivity contribution in [3.8, 4) is 11.4 Å². The van der Waals surface area contributed by atoms with E-state index in [2.05, 4.69) is 9.97 Å². The second-order valence-electron chi connectivity index (χ2n) is 4.80. The van der Waals surface area contributed by atoms with Crippen LogP contribution in [0.25, 0.3) is 22.3 Å². The SMILES string of the molecule is CS(=O)(=O)c1ccc(-c2nc(Cl)c3cc(Cl)ccc3n2)cc1. The van der Waals surface area contributed by atoms with Crippen LogP contribution < -0.4 is 0 Å². The van der Waals surface area contributed by atoms with Gasteiger partial charge in [-0.2, -0.15) is 0 Å². The molecule has 22 heavy (non-hydrogen) atoms. The van der Waals surface area contributed by atoms with Crippen LogP contribution in [0.15, 0.2) is 47.4 Å². The summed E-state index contributed by atoms with van der Waals surface area (Å²) in [6, 6.07) is 11.6. The van der Waals surface area contributed by atoms with Crippen LogP contribution in [0.1, 0.15) is 0 Å². The smallest absolute Gasteiger partial charge is 0.175 e. The molecule has 112 valence electrons. The normalized spacial score (nSPS) is 11.8. The fraction of sp³-hybridized carbons (Fsp3) is 0.0667. The van der Waals surface area contributed by atoms with Gasteiger partial charge in [-0.1, -0.05) is 23.2 Å². The summed E-state index contributed by atoms with van der Waals surface area (Å²) in [5, 5.41) is 1.53. The van der Waals surface area contributed by atoms with Crippen LogP contribution in [0.3, 0.4) is 0 Å². The van der Waals surface area contributed by atoms with Gasteiger partial charge in [-0.15, -0.1) is 0 Å². The zero-order chi connectivity index (χ0) is 15.9. The number of sulfone groups is 1. The molecule has 0 atom stereocenters. The van der Waals surface area contributed by atoms with Crippen LogP contribution in [0.2, 0.25) is 10.2 Å². The minimum Gasteiger partial charge on any atom is -0.228 e. The summed E-state index contributed by atoms with van der Waals surface area (Å²) in [7, 11) is -3.23. The molecule has 0 radical (unpaired) electrons. The Balaban J connectivity index is 2.12. The van der Waals surface area contributed by atoms with Gasteiger partial charge in [0.25, 0.3) is 0 Å². The molecular weight excluding hydrogens is 343 g/mol. The summed E-state index contributed by atoms with van der Waals surface area (Å²) >= 11 is 12.1. The third kappa shape index (κ3) is 2.92. The number of hydrogen-bond donors (Lipinski definition) is 0. The summed E-state index contributed by atoms with van der Waals surface area (Å²) in [6.07, 6.45) is 1.16. The van der Waals surface area contributed by atoms with Gasteiger partial charge in [-0.3, -0.25) is 0 Å². The lowest BCUT2D eigenvalue weighted by Crippen LogP contribution is -1.97. The first-order chi connectivity index (χ1) is 10.3. The van der Waals surface area contributed by atoms with E-state index in [9.17, 15) is 8.42 Å². The lowest BCUT2D eigenvalue weighted by molar-refractivity contribution is 0.602. The second-order valence-corrected chi connectivity index (χ2v) is 7.61. The van der Waals surface area contributed by atoms with E-state index in [0.29, 0.717) is 32.5 Å². The number of rotatable bonds is 2. The van der Waals surface area contributed by atoms with E-state index in [1.54, 1.807) is 30.3 Å². The number of benzene rings is 2. The van der Waals surface area contributed by atoms with Gasteiger partial charge in [-0.05, 0) is 42.5 Å². The van der Waals surface area contributed by atoms with Crippen molar-refractivity contribution in [2.45, 2.75) is 4.90 Å². The Hall–Kier alpha value is -1.69. The van der Waals surface area contributed by atoms with E-state index in [0.717, 1.165) is 6.26 Å². The predicted octanol–water partition coefficient (Wildman–Crippen LogP) is 4.01. The predicted molar refractivity (Wildman–Crippen MR) is 88.1 cm³/mol. The van der Waals surface area contributed by atoms with Gasteiger partial charge in [0.2, 0.25) is 0 Å². The molecule has 0 spiro atoms. The van der Waals surface area contributed by atoms with Gasteiger partial charge in [-0.25, -0.2) is 18.4 Å². The third-order valence-corrected chi connectivity index (χ3v) is 4.80. The summed E-state index contributed by atoms with van der Waals surface area (Å²) in [5.74, 6) is 0.430. The molecule has 0 N–H and O–H groups in total. The number of fused-ring (bicyclic) bond motifs is 1. The Kier molecular flexibility index (Phi) is 3.80. The molecule has 0 fully saturated rings. The Labute approximate surface area is 137 Å². The lowest BCUT2D eigenvalue weighted by Gasteiger charge is -2.06. The fourth-order valence-electron chi connectivity index (χ4n) is 2.04. The minimum atomic E-state index is -3.23. The van der Waals surface area contributed by atoms with Gasteiger partial charge in [0.1, 0.15) is 5.15 Å². The standard InChI is InChI=1S/C15H10Cl2N2O2S/c1-22(20,21)11-5-2-9(3-6-11)15-18-13-7-4-10(16)8-12(13)14(17)19-15/h2-8H,1H3. The van der Waals surface area contributed by atoms with E-state index in [-0.39, 0.29) is 4.90 Å². The maximum Gasteiger partial charge on any atom is 0.175 e. The molecular formula is C15H10Cl2N2O2S. The molecule has 0 unspecified atom stereocenters. The highest BCUT2D eigenvalue weighted by Crippen LogP contribution is 2.27. The van der Waals surface area contributed by atoms with Crippen LogP contribution in [-0.4, -0.2) is 24.6 Å². The molecule has 0 saturated carbocycles. The number of hydrogen-bond acceptors (Lipinski definition) is 4. The zero-order valence-corrected chi connectivity index (χ0v) is 13.7. The van der Waals surface area contributed by atoms with Crippen molar-refractivity contribution in [3.63, 3.8) is 0 Å². The molecule has 0 aliphatic carbocycles. The molecule has 1 heterocycles. The van der Waals surface area contributed by atoms with Gasteiger partial charge < -0.3 is 0 Å². The minimum absolute atomic E-state index is 0.245. The summed E-state index contributed by atoms with van der Waals surface area (Å²) < 4.78 is 23.0. The summed E-state index contributed by atoms with van der Waals surface area (Å²) in [4.78, 5) is 8.93. The molecule has 7 heteroatoms. The van der Waals surface area contributed by atoms with Crippen molar-refractivity contribution in [2.75, 3.05) is 6.26 Å². The third-order valence-electron chi connectivity index (χ3n) is 3.15. The van der Waals surface area contributed by atoms with Crippen LogP contribution in [0, 0.1) is 0 Å². The molecule has 0 amide bonds. The van der Waals surface area contributed by atoms with Crippen molar-refractivity contribution >= 4 is 43.9 Å². The van der Waals surface area contributed by atoms with Crippen molar-refractivity contribution in [1.29, 1.82) is 0 Å². The summed E-state index contributed by atoms with van der Waals surface area (Å²) in [6.45, 7) is 0. The van der Waals surface area contributed by atoms with E-state index < -0.39 is 9.84 Å². The quantitative estimate of drug-likeness (QED) is 0.653. The first-order valence-electron chi connectivity index (χ1n) is 6.28. The highest BCUT2D eigenvalue weighted by atomic mass is 35.5. The number of nitrogens with zero attached hydrogens (tertiary/aromatic N) is 2. The Morgan fingerprint density at radius 2 is 1.64 bits per heavy atom. The Morgan fingerprint density at radius 3 is 2.27 bits per heavy atom. The molecule has 0 saturated heterocycles. The van der Waals surface area contributed by atoms with Gasteiger partial charge in [0.05, 0.1) is 10.4 Å². The average Bonchev–Trinajstić information content (AvgIpc) is 2.47. The van der Waals surface area contributed by atoms with E-state index in [1.165, 1.54) is 12.1 Å². The average molecular weight is 353 g/mol. The monoisotopic (exact) mass is 352 g/mol. The Morgan fingerprint density at radius 1 is 0.955 bits per heavy atom. The van der Waals surface area contributed by atoms with Crippen molar-refractivity contribution in [3.05, 3.63) is 52.6 Å². The van der Waals surface area contributed by atoms with E-state index in [4.69, 9.17) is 23.2 Å². The van der Waals surface area contributed by atoms with Crippen molar-refractivity contribution in [1.82, 2.24) is 9.97 Å². The van der Waals surface area contributed by atoms with Crippen LogP contribution in [0.4, 0.5) is 0 Å². The maximum absolute atomic E-state index is 11.5. The highest BCUT2D eigenvalue weighted by Gasteiger charge is 2.11. The lowest BCUT2D eigenvalue weighted by atomic mass is 10.2. The van der Waals surface area contributed by atoms with Crippen LogP contribution in [-0.2, 0) is 9.84 Å². The molecule has 0 bridgehead atoms. The Bertz CT molecular complexity index is 971. The van der Waals surface area contributed by atoms with Gasteiger partial charge in [0, 0.05) is 22.2 Å². The molecule has 2 aromatic carbocycles. The molecule has 3 rings (SSSR count). The molecule has 0 aliphatic rings. The van der Waals surface area contributed by atoms with E-state index >= 15 is 0 Å². The maximum atomic E-state index is 11.5. The molecule has 3 aromatic rings. The largest absolute Gasteiger partial charge is 0.228 e. The van der Waals surface area contributed by atoms with Crippen molar-refractivity contribution < 1.29 is 8.42 Å². The number of aromatic nitrogens is 2. The first kappa shape index (κ1) is 15.2. The second kappa shape index (κ2) is 5.50. The van der Waals surface area contributed by atoms with Crippen LogP contribution in [0.5, 0.6) is 0 Å². The van der Waals surface area contributed by atoms with Gasteiger partial charge >= 0.3 is 0 Å². The number of halogens is 2. The molecule has 0 aliphatic heterocycles. The van der Waals surface area contributed by atoms with E-state index in [1.807, 2.05) is 0 Å². The highest BCUT2D eigenvalue weighted by molar-refractivity contribution is 7.90. The zero-order valence-electron chi connectivity index (χ0n) is 11.4.